The molecule has 1 amide bonds. The molecule has 1 aromatic heterocycles. The standard InChI is InChI=1S/C18H18ClN3O5/c1-11(2)27-17(23)9-14(13-5-3-4-6-15(13)22(25)26)21-18(24)12-7-8-16(19)20-10-12/h3-8,10-11,14H,9H2,1-2H3,(H,21,24). The number of hydrogen-bond donors (Lipinski definition) is 1. The van der Waals surface area contributed by atoms with Crippen LogP contribution >= 0.6 is 11.6 Å². The molecule has 0 saturated heterocycles. The smallest absolute Gasteiger partial charge is 0.308 e. The fourth-order valence-corrected chi connectivity index (χ4v) is 2.53. The van der Waals surface area contributed by atoms with Crippen molar-refractivity contribution in [2.45, 2.75) is 32.4 Å². The number of carbonyl (C=O) groups is 2. The molecular formula is C18H18ClN3O5. The van der Waals surface area contributed by atoms with Gasteiger partial charge in [-0.15, -0.1) is 0 Å². The number of nitrogens with zero attached hydrogens (tertiary/aromatic N) is 2. The van der Waals surface area contributed by atoms with Gasteiger partial charge in [0.1, 0.15) is 5.15 Å². The molecule has 0 saturated carbocycles. The molecule has 1 N–H and O–H groups in total. The van der Waals surface area contributed by atoms with E-state index in [1.165, 1.54) is 36.5 Å². The number of pyridine rings is 1. The minimum Gasteiger partial charge on any atom is -0.463 e. The van der Waals surface area contributed by atoms with Crippen LogP contribution in [0.3, 0.4) is 0 Å². The van der Waals surface area contributed by atoms with Crippen LogP contribution in [0.4, 0.5) is 5.69 Å². The lowest BCUT2D eigenvalue weighted by atomic mass is 10.0. The molecular weight excluding hydrogens is 374 g/mol. The first-order valence-corrected chi connectivity index (χ1v) is 8.51. The number of nitro benzene ring substituents is 1. The van der Waals surface area contributed by atoms with E-state index in [0.717, 1.165) is 0 Å². The van der Waals surface area contributed by atoms with E-state index in [9.17, 15) is 19.7 Å². The number of amides is 1. The minimum atomic E-state index is -0.943. The Bertz CT molecular complexity index is 839. The van der Waals surface area contributed by atoms with Gasteiger partial charge in [0.15, 0.2) is 0 Å². The zero-order valence-corrected chi connectivity index (χ0v) is 15.5. The van der Waals surface area contributed by atoms with E-state index in [-0.39, 0.29) is 34.5 Å². The average molecular weight is 392 g/mol. The number of para-hydroxylation sites is 1. The Morgan fingerprint density at radius 1 is 1.26 bits per heavy atom. The lowest BCUT2D eigenvalue weighted by Crippen LogP contribution is -2.31. The van der Waals surface area contributed by atoms with Crippen molar-refractivity contribution in [1.82, 2.24) is 10.3 Å². The van der Waals surface area contributed by atoms with E-state index in [2.05, 4.69) is 10.3 Å². The monoisotopic (exact) mass is 391 g/mol. The molecule has 142 valence electrons. The highest BCUT2D eigenvalue weighted by Crippen LogP contribution is 2.28. The van der Waals surface area contributed by atoms with Crippen molar-refractivity contribution in [3.63, 3.8) is 0 Å². The molecule has 1 aromatic carbocycles. The van der Waals surface area contributed by atoms with Crippen molar-refractivity contribution in [1.29, 1.82) is 0 Å². The minimum absolute atomic E-state index is 0.200. The maximum Gasteiger partial charge on any atom is 0.308 e. The summed E-state index contributed by atoms with van der Waals surface area (Å²) in [5, 5.41) is 14.2. The Labute approximate surface area is 160 Å². The van der Waals surface area contributed by atoms with E-state index in [1.807, 2.05) is 0 Å². The van der Waals surface area contributed by atoms with Gasteiger partial charge in [-0.05, 0) is 26.0 Å². The number of aromatic nitrogens is 1. The van der Waals surface area contributed by atoms with Crippen LogP contribution in [0.15, 0.2) is 42.6 Å². The summed E-state index contributed by atoms with van der Waals surface area (Å²) in [6, 6.07) is 7.88. The summed E-state index contributed by atoms with van der Waals surface area (Å²) in [7, 11) is 0. The van der Waals surface area contributed by atoms with Gasteiger partial charge in [-0.2, -0.15) is 0 Å². The topological polar surface area (TPSA) is 111 Å². The van der Waals surface area contributed by atoms with Gasteiger partial charge in [0.2, 0.25) is 0 Å². The first kappa shape index (κ1) is 20.3. The van der Waals surface area contributed by atoms with Gasteiger partial charge in [-0.3, -0.25) is 19.7 Å². The zero-order valence-electron chi connectivity index (χ0n) is 14.7. The number of rotatable bonds is 7. The number of nitrogens with one attached hydrogen (secondary N) is 1. The third kappa shape index (κ3) is 5.75. The van der Waals surface area contributed by atoms with Crippen LogP contribution in [0.1, 0.15) is 42.2 Å². The highest BCUT2D eigenvalue weighted by molar-refractivity contribution is 6.29. The summed E-state index contributed by atoms with van der Waals surface area (Å²) in [4.78, 5) is 39.2. The summed E-state index contributed by atoms with van der Waals surface area (Å²) < 4.78 is 5.12. The summed E-state index contributed by atoms with van der Waals surface area (Å²) in [6.07, 6.45) is 0.677. The van der Waals surface area contributed by atoms with E-state index >= 15 is 0 Å². The molecule has 0 spiro atoms. The fourth-order valence-electron chi connectivity index (χ4n) is 2.42. The van der Waals surface area contributed by atoms with Gasteiger partial charge < -0.3 is 10.1 Å². The molecule has 1 atom stereocenters. The third-order valence-corrected chi connectivity index (χ3v) is 3.77. The van der Waals surface area contributed by atoms with E-state index in [1.54, 1.807) is 19.9 Å². The van der Waals surface area contributed by atoms with Gasteiger partial charge >= 0.3 is 5.97 Å². The van der Waals surface area contributed by atoms with Crippen LogP contribution in [0.5, 0.6) is 0 Å². The van der Waals surface area contributed by atoms with Crippen LogP contribution in [-0.4, -0.2) is 27.9 Å². The summed E-state index contributed by atoms with van der Waals surface area (Å²) in [5.41, 5.74) is 0.216. The Kier molecular flexibility index (Phi) is 6.84. The van der Waals surface area contributed by atoms with Gasteiger partial charge in [0.05, 0.1) is 34.6 Å². The van der Waals surface area contributed by atoms with Gasteiger partial charge in [0, 0.05) is 12.3 Å². The van der Waals surface area contributed by atoms with Crippen molar-refractivity contribution in [3.05, 3.63) is 69.0 Å². The number of benzene rings is 1. The maximum absolute atomic E-state index is 12.5. The number of ether oxygens (including phenoxy) is 1. The molecule has 27 heavy (non-hydrogen) atoms. The number of hydrogen-bond acceptors (Lipinski definition) is 6. The Hall–Kier alpha value is -3.00. The van der Waals surface area contributed by atoms with E-state index < -0.39 is 22.8 Å². The lowest BCUT2D eigenvalue weighted by Gasteiger charge is -2.19. The summed E-state index contributed by atoms with van der Waals surface area (Å²) in [6.45, 7) is 3.38. The molecule has 1 unspecified atom stereocenters. The third-order valence-electron chi connectivity index (χ3n) is 3.54. The van der Waals surface area contributed by atoms with E-state index in [4.69, 9.17) is 16.3 Å². The van der Waals surface area contributed by atoms with Crippen LogP contribution in [0.25, 0.3) is 0 Å². The first-order valence-electron chi connectivity index (χ1n) is 8.13. The second kappa shape index (κ2) is 9.09. The fraction of sp³-hybridized carbons (Fsp3) is 0.278. The number of carbonyl (C=O) groups excluding carboxylic acids is 2. The molecule has 0 aliphatic heterocycles. The summed E-state index contributed by atoms with van der Waals surface area (Å²) >= 11 is 5.71. The molecule has 0 radical (unpaired) electrons. The van der Waals surface area contributed by atoms with Gasteiger partial charge in [0.25, 0.3) is 11.6 Å². The highest BCUT2D eigenvalue weighted by atomic mass is 35.5. The largest absolute Gasteiger partial charge is 0.463 e. The SMILES string of the molecule is CC(C)OC(=O)CC(NC(=O)c1ccc(Cl)nc1)c1ccccc1[N+](=O)[O-]. The molecule has 8 nitrogen and oxygen atoms in total. The molecule has 0 fully saturated rings. The normalized spacial score (nSPS) is 11.7. The Balaban J connectivity index is 2.32. The molecule has 9 heteroatoms. The molecule has 2 aromatic rings. The van der Waals surface area contributed by atoms with Crippen LogP contribution < -0.4 is 5.32 Å². The number of halogens is 1. The van der Waals surface area contributed by atoms with Crippen LogP contribution in [-0.2, 0) is 9.53 Å². The second-order valence-corrected chi connectivity index (χ2v) is 6.34. The van der Waals surface area contributed by atoms with Crippen LogP contribution in [0.2, 0.25) is 5.15 Å². The molecule has 2 rings (SSSR count). The lowest BCUT2D eigenvalue weighted by molar-refractivity contribution is -0.385. The maximum atomic E-state index is 12.5. The van der Waals surface area contributed by atoms with E-state index in [0.29, 0.717) is 0 Å². The van der Waals surface area contributed by atoms with Crippen molar-refractivity contribution in [2.75, 3.05) is 0 Å². The van der Waals surface area contributed by atoms with Crippen molar-refractivity contribution < 1.29 is 19.2 Å². The Morgan fingerprint density at radius 2 is 1.96 bits per heavy atom. The molecule has 0 bridgehead atoms. The first-order chi connectivity index (χ1) is 12.8. The zero-order chi connectivity index (χ0) is 20.0. The summed E-state index contributed by atoms with van der Waals surface area (Å²) in [5.74, 6) is -1.12. The second-order valence-electron chi connectivity index (χ2n) is 5.95. The van der Waals surface area contributed by atoms with Crippen molar-refractivity contribution >= 4 is 29.2 Å². The molecule has 0 aliphatic carbocycles. The average Bonchev–Trinajstić information content (AvgIpc) is 2.61. The Morgan fingerprint density at radius 3 is 2.56 bits per heavy atom. The highest BCUT2D eigenvalue weighted by Gasteiger charge is 2.27. The predicted octanol–water partition coefficient (Wildman–Crippen LogP) is 3.46. The van der Waals surface area contributed by atoms with Crippen LogP contribution in [0, 0.1) is 10.1 Å². The molecule has 1 heterocycles. The van der Waals surface area contributed by atoms with Crippen molar-refractivity contribution in [2.24, 2.45) is 0 Å². The quantitative estimate of drug-likeness (QED) is 0.335. The van der Waals surface area contributed by atoms with Gasteiger partial charge in [-0.1, -0.05) is 29.8 Å². The van der Waals surface area contributed by atoms with Crippen molar-refractivity contribution in [3.8, 4) is 0 Å². The van der Waals surface area contributed by atoms with Gasteiger partial charge in [-0.25, -0.2) is 4.98 Å². The number of nitro groups is 1. The molecule has 0 aliphatic rings. The number of esters is 1. The predicted molar refractivity (Wildman–Crippen MR) is 98.4 cm³/mol.